The predicted molar refractivity (Wildman–Crippen MR) is 78.9 cm³/mol. The Kier molecular flexibility index (Phi) is 4.20. The minimum Gasteiger partial charge on any atom is -0.481 e. The highest BCUT2D eigenvalue weighted by Crippen LogP contribution is 2.44. The highest BCUT2D eigenvalue weighted by molar-refractivity contribution is 5.78. The van der Waals surface area contributed by atoms with Gasteiger partial charge in [-0.05, 0) is 44.1 Å². The molecule has 118 valence electrons. The Morgan fingerprint density at radius 2 is 1.86 bits per heavy atom. The summed E-state index contributed by atoms with van der Waals surface area (Å²) < 4.78 is 0. The first kappa shape index (κ1) is 14.8. The van der Waals surface area contributed by atoms with Crippen LogP contribution in [0.3, 0.4) is 0 Å². The molecule has 2 aliphatic heterocycles. The van der Waals surface area contributed by atoms with Crippen molar-refractivity contribution in [1.29, 1.82) is 0 Å². The van der Waals surface area contributed by atoms with Gasteiger partial charge in [-0.25, -0.2) is 0 Å². The van der Waals surface area contributed by atoms with Crippen LogP contribution < -0.4 is 5.32 Å². The van der Waals surface area contributed by atoms with Crippen LogP contribution in [0.25, 0.3) is 0 Å². The van der Waals surface area contributed by atoms with E-state index in [1.165, 1.54) is 19.4 Å². The van der Waals surface area contributed by atoms with Crippen molar-refractivity contribution in [2.45, 2.75) is 69.9 Å². The van der Waals surface area contributed by atoms with Crippen LogP contribution in [0.4, 0.5) is 0 Å². The van der Waals surface area contributed by atoms with Gasteiger partial charge in [0.25, 0.3) is 0 Å². The molecule has 0 aromatic rings. The molecule has 5 nitrogen and oxygen atoms in total. The summed E-state index contributed by atoms with van der Waals surface area (Å²) in [5.41, 5.74) is -0.288. The maximum Gasteiger partial charge on any atom is 0.303 e. The number of amides is 1. The van der Waals surface area contributed by atoms with Gasteiger partial charge in [-0.1, -0.05) is 12.8 Å². The lowest BCUT2D eigenvalue weighted by Gasteiger charge is -2.28. The monoisotopic (exact) mass is 294 g/mol. The number of carbonyl (C=O) groups excluding carboxylic acids is 1. The molecule has 21 heavy (non-hydrogen) atoms. The molecule has 2 atom stereocenters. The predicted octanol–water partition coefficient (Wildman–Crippen LogP) is 1.76. The Morgan fingerprint density at radius 1 is 1.10 bits per heavy atom. The molecule has 1 saturated carbocycles. The molecule has 0 aromatic carbocycles. The number of nitrogens with one attached hydrogen (secondary N) is 1. The summed E-state index contributed by atoms with van der Waals surface area (Å²) in [4.78, 5) is 26.0. The smallest absolute Gasteiger partial charge is 0.303 e. The van der Waals surface area contributed by atoms with Gasteiger partial charge in [0, 0.05) is 25.0 Å². The fraction of sp³-hybridized carbons (Fsp3) is 0.875. The minimum absolute atomic E-state index is 0.0666. The number of rotatable bonds is 5. The Morgan fingerprint density at radius 3 is 2.57 bits per heavy atom. The van der Waals surface area contributed by atoms with Gasteiger partial charge in [-0.2, -0.15) is 0 Å². The number of carboxylic acids is 1. The third kappa shape index (κ3) is 3.23. The van der Waals surface area contributed by atoms with Crippen molar-refractivity contribution < 1.29 is 14.7 Å². The number of carboxylic acid groups (broad SMARTS) is 1. The van der Waals surface area contributed by atoms with Crippen LogP contribution in [-0.2, 0) is 9.59 Å². The summed E-state index contributed by atoms with van der Waals surface area (Å²) in [7, 11) is 0. The molecule has 0 bridgehead atoms. The van der Waals surface area contributed by atoms with E-state index in [4.69, 9.17) is 5.11 Å². The van der Waals surface area contributed by atoms with E-state index in [-0.39, 0.29) is 23.8 Å². The number of hydrogen-bond acceptors (Lipinski definition) is 3. The average molecular weight is 294 g/mol. The van der Waals surface area contributed by atoms with E-state index in [1.807, 2.05) is 0 Å². The molecular formula is C16H26N2O3. The van der Waals surface area contributed by atoms with E-state index >= 15 is 0 Å². The van der Waals surface area contributed by atoms with Crippen molar-refractivity contribution >= 4 is 11.9 Å². The largest absolute Gasteiger partial charge is 0.481 e. The zero-order valence-electron chi connectivity index (χ0n) is 12.6. The summed E-state index contributed by atoms with van der Waals surface area (Å²) in [6.45, 7) is 2.26. The molecular weight excluding hydrogens is 268 g/mol. The maximum atomic E-state index is 12.4. The standard InChI is InChI=1S/C16H26N2O3/c19-14(10-16(11-15(20)21)6-1-2-7-16)17-12-5-9-18-8-3-4-13(12)18/h12-13H,1-11H2,(H,17,19)(H,20,21). The van der Waals surface area contributed by atoms with Crippen molar-refractivity contribution in [3.63, 3.8) is 0 Å². The van der Waals surface area contributed by atoms with Gasteiger partial charge in [0.15, 0.2) is 0 Å². The summed E-state index contributed by atoms with van der Waals surface area (Å²) in [6, 6.07) is 0.802. The molecule has 2 saturated heterocycles. The lowest BCUT2D eigenvalue weighted by molar-refractivity contribution is -0.140. The molecule has 2 heterocycles. The summed E-state index contributed by atoms with van der Waals surface area (Å²) in [5.74, 6) is -0.704. The zero-order valence-corrected chi connectivity index (χ0v) is 12.6. The zero-order chi connectivity index (χ0) is 14.9. The van der Waals surface area contributed by atoms with Gasteiger partial charge in [-0.15, -0.1) is 0 Å². The first-order valence-electron chi connectivity index (χ1n) is 8.33. The second kappa shape index (κ2) is 5.95. The normalized spacial score (nSPS) is 31.2. The Labute approximate surface area is 126 Å². The molecule has 5 heteroatoms. The quantitative estimate of drug-likeness (QED) is 0.810. The van der Waals surface area contributed by atoms with Crippen LogP contribution in [0.5, 0.6) is 0 Å². The van der Waals surface area contributed by atoms with Gasteiger partial charge in [0.1, 0.15) is 0 Å². The molecule has 0 radical (unpaired) electrons. The van der Waals surface area contributed by atoms with Crippen molar-refractivity contribution in [3.05, 3.63) is 0 Å². The number of carbonyl (C=O) groups is 2. The second-order valence-corrected chi connectivity index (χ2v) is 7.16. The Hall–Kier alpha value is -1.10. The highest BCUT2D eigenvalue weighted by Gasteiger charge is 2.41. The fourth-order valence-electron chi connectivity index (χ4n) is 4.71. The van der Waals surface area contributed by atoms with Crippen molar-refractivity contribution in [1.82, 2.24) is 10.2 Å². The molecule has 3 aliphatic rings. The van der Waals surface area contributed by atoms with Crippen LogP contribution in [0.1, 0.15) is 57.8 Å². The van der Waals surface area contributed by atoms with Gasteiger partial charge in [-0.3, -0.25) is 14.5 Å². The molecule has 0 spiro atoms. The SMILES string of the molecule is O=C(O)CC1(CC(=O)NC2CCN3CCCC23)CCCC1. The number of fused-ring (bicyclic) bond motifs is 1. The van der Waals surface area contributed by atoms with Crippen LogP contribution in [0.2, 0.25) is 0 Å². The first-order chi connectivity index (χ1) is 10.1. The van der Waals surface area contributed by atoms with Crippen LogP contribution in [-0.4, -0.2) is 47.1 Å². The third-order valence-electron chi connectivity index (χ3n) is 5.68. The van der Waals surface area contributed by atoms with Crippen molar-refractivity contribution in [2.75, 3.05) is 13.1 Å². The molecule has 1 amide bonds. The van der Waals surface area contributed by atoms with Crippen LogP contribution >= 0.6 is 0 Å². The lowest BCUT2D eigenvalue weighted by atomic mass is 9.79. The van der Waals surface area contributed by atoms with E-state index in [2.05, 4.69) is 10.2 Å². The van der Waals surface area contributed by atoms with Crippen molar-refractivity contribution in [3.8, 4) is 0 Å². The molecule has 3 fully saturated rings. The third-order valence-corrected chi connectivity index (χ3v) is 5.68. The Balaban J connectivity index is 1.56. The van der Waals surface area contributed by atoms with E-state index < -0.39 is 5.97 Å². The van der Waals surface area contributed by atoms with E-state index in [1.54, 1.807) is 0 Å². The van der Waals surface area contributed by atoms with E-state index in [9.17, 15) is 9.59 Å². The average Bonchev–Trinajstić information content (AvgIpc) is 3.07. The highest BCUT2D eigenvalue weighted by atomic mass is 16.4. The van der Waals surface area contributed by atoms with Crippen molar-refractivity contribution in [2.24, 2.45) is 5.41 Å². The van der Waals surface area contributed by atoms with Gasteiger partial charge in [0.05, 0.1) is 6.42 Å². The van der Waals surface area contributed by atoms with E-state index in [0.717, 1.165) is 38.6 Å². The molecule has 2 N–H and O–H groups in total. The van der Waals surface area contributed by atoms with Crippen LogP contribution in [0, 0.1) is 5.41 Å². The van der Waals surface area contributed by atoms with Crippen LogP contribution in [0.15, 0.2) is 0 Å². The number of aliphatic carboxylic acids is 1. The van der Waals surface area contributed by atoms with Gasteiger partial charge >= 0.3 is 5.97 Å². The van der Waals surface area contributed by atoms with Gasteiger partial charge < -0.3 is 10.4 Å². The van der Waals surface area contributed by atoms with E-state index in [0.29, 0.717) is 12.5 Å². The Bertz CT molecular complexity index is 418. The minimum atomic E-state index is -0.771. The summed E-state index contributed by atoms with van der Waals surface area (Å²) >= 11 is 0. The topological polar surface area (TPSA) is 69.6 Å². The molecule has 3 rings (SSSR count). The summed E-state index contributed by atoms with van der Waals surface area (Å²) in [5, 5.41) is 12.3. The van der Waals surface area contributed by atoms with Gasteiger partial charge in [0.2, 0.25) is 5.91 Å². The fourth-order valence-corrected chi connectivity index (χ4v) is 4.71. The first-order valence-corrected chi connectivity index (χ1v) is 8.33. The second-order valence-electron chi connectivity index (χ2n) is 7.16. The maximum absolute atomic E-state index is 12.4. The molecule has 0 aromatic heterocycles. The molecule has 1 aliphatic carbocycles. The number of hydrogen-bond donors (Lipinski definition) is 2. The lowest BCUT2D eigenvalue weighted by Crippen LogP contribution is -2.44. The summed E-state index contributed by atoms with van der Waals surface area (Å²) in [6.07, 6.45) is 7.87. The number of nitrogens with zero attached hydrogens (tertiary/aromatic N) is 1. The molecule has 2 unspecified atom stereocenters.